The number of hydrogen-bond donors (Lipinski definition) is 1. The van der Waals surface area contributed by atoms with Crippen LogP contribution in [0.15, 0.2) is 12.1 Å². The molecule has 1 rings (SSSR count). The number of nitro groups is 1. The van der Waals surface area contributed by atoms with E-state index in [2.05, 4.69) is 5.32 Å². The second kappa shape index (κ2) is 6.09. The highest BCUT2D eigenvalue weighted by molar-refractivity contribution is 5.68. The zero-order chi connectivity index (χ0) is 13.7. The van der Waals surface area contributed by atoms with E-state index in [1.54, 1.807) is 6.07 Å². The van der Waals surface area contributed by atoms with Gasteiger partial charge in [0, 0.05) is 12.1 Å². The van der Waals surface area contributed by atoms with Crippen molar-refractivity contribution < 1.29 is 14.4 Å². The van der Waals surface area contributed by atoms with E-state index in [1.165, 1.54) is 13.2 Å². The Morgan fingerprint density at radius 1 is 1.39 bits per heavy atom. The Kier molecular flexibility index (Phi) is 4.76. The molecule has 18 heavy (non-hydrogen) atoms. The molecule has 0 bridgehead atoms. The molecule has 1 N–H and O–H groups in total. The first-order valence-electron chi connectivity index (χ1n) is 5.75. The maximum atomic E-state index is 11.0. The fourth-order valence-electron chi connectivity index (χ4n) is 1.55. The Morgan fingerprint density at radius 3 is 2.50 bits per heavy atom. The van der Waals surface area contributed by atoms with Gasteiger partial charge in [-0.2, -0.15) is 0 Å². The van der Waals surface area contributed by atoms with E-state index in [0.717, 1.165) is 0 Å². The maximum Gasteiger partial charge on any atom is 0.296 e. The number of ether oxygens (including phenoxy) is 2. The molecule has 0 spiro atoms. The van der Waals surface area contributed by atoms with Crippen LogP contribution in [-0.2, 0) is 0 Å². The summed E-state index contributed by atoms with van der Waals surface area (Å²) in [5, 5.41) is 14.0. The molecule has 0 aliphatic carbocycles. The van der Waals surface area contributed by atoms with E-state index in [0.29, 0.717) is 23.8 Å². The predicted molar refractivity (Wildman–Crippen MR) is 69.6 cm³/mol. The largest absolute Gasteiger partial charge is 0.493 e. The number of benzene rings is 1. The fourth-order valence-corrected chi connectivity index (χ4v) is 1.55. The van der Waals surface area contributed by atoms with Crippen LogP contribution in [0.25, 0.3) is 0 Å². The van der Waals surface area contributed by atoms with Crippen molar-refractivity contribution in [2.24, 2.45) is 0 Å². The molecule has 0 amide bonds. The number of methoxy groups -OCH3 is 1. The average Bonchev–Trinajstić information content (AvgIpc) is 2.28. The number of nitrogens with one attached hydrogen (secondary N) is 1. The normalized spacial score (nSPS) is 10.3. The van der Waals surface area contributed by atoms with Crippen molar-refractivity contribution in [2.45, 2.75) is 26.8 Å². The molecule has 0 heterocycles. The van der Waals surface area contributed by atoms with E-state index in [-0.39, 0.29) is 11.7 Å². The molecule has 0 aliphatic rings. The summed E-state index contributed by atoms with van der Waals surface area (Å²) in [6.07, 6.45) is 0. The van der Waals surface area contributed by atoms with Crippen molar-refractivity contribution >= 4 is 11.4 Å². The average molecular weight is 254 g/mol. The van der Waals surface area contributed by atoms with Crippen molar-refractivity contribution in [3.63, 3.8) is 0 Å². The second-order valence-corrected chi connectivity index (χ2v) is 4.01. The van der Waals surface area contributed by atoms with E-state index >= 15 is 0 Å². The first kappa shape index (κ1) is 14.1. The van der Waals surface area contributed by atoms with Gasteiger partial charge in [-0.3, -0.25) is 10.1 Å². The first-order valence-corrected chi connectivity index (χ1v) is 5.75. The Morgan fingerprint density at radius 2 is 2.06 bits per heavy atom. The van der Waals surface area contributed by atoms with Crippen LogP contribution >= 0.6 is 0 Å². The zero-order valence-corrected chi connectivity index (χ0v) is 11.0. The molecule has 0 radical (unpaired) electrons. The molecular formula is C12H18N2O4. The third-order valence-electron chi connectivity index (χ3n) is 2.22. The maximum absolute atomic E-state index is 11.0. The molecule has 0 saturated heterocycles. The van der Waals surface area contributed by atoms with E-state index in [9.17, 15) is 10.1 Å². The molecule has 0 aromatic heterocycles. The molecule has 0 saturated carbocycles. The highest BCUT2D eigenvalue weighted by Crippen LogP contribution is 2.38. The van der Waals surface area contributed by atoms with Gasteiger partial charge in [0.2, 0.25) is 0 Å². The fraction of sp³-hybridized carbons (Fsp3) is 0.500. The molecule has 100 valence electrons. The molecule has 0 unspecified atom stereocenters. The third-order valence-corrected chi connectivity index (χ3v) is 2.22. The van der Waals surface area contributed by atoms with Gasteiger partial charge in [-0.15, -0.1) is 0 Å². The predicted octanol–water partition coefficient (Wildman–Crippen LogP) is 2.82. The molecule has 0 fully saturated rings. The van der Waals surface area contributed by atoms with Crippen LogP contribution < -0.4 is 14.8 Å². The third kappa shape index (κ3) is 3.26. The molecule has 0 aliphatic heterocycles. The topological polar surface area (TPSA) is 73.6 Å². The van der Waals surface area contributed by atoms with Crippen LogP contribution in [0.3, 0.4) is 0 Å². The highest BCUT2D eigenvalue weighted by atomic mass is 16.6. The summed E-state index contributed by atoms with van der Waals surface area (Å²) in [5.41, 5.74) is 0.406. The highest BCUT2D eigenvalue weighted by Gasteiger charge is 2.20. The summed E-state index contributed by atoms with van der Waals surface area (Å²) in [5.74, 6) is 0.853. The Balaban J connectivity index is 3.27. The van der Waals surface area contributed by atoms with Gasteiger partial charge >= 0.3 is 0 Å². The Bertz CT molecular complexity index is 432. The number of hydrogen-bond acceptors (Lipinski definition) is 5. The minimum Gasteiger partial charge on any atom is -0.493 e. The minimum atomic E-state index is -0.442. The quantitative estimate of drug-likeness (QED) is 0.624. The van der Waals surface area contributed by atoms with Crippen LogP contribution in [0.1, 0.15) is 20.8 Å². The van der Waals surface area contributed by atoms with Crippen molar-refractivity contribution in [3.05, 3.63) is 22.2 Å². The zero-order valence-electron chi connectivity index (χ0n) is 11.0. The van der Waals surface area contributed by atoms with Gasteiger partial charge in [0.1, 0.15) is 5.69 Å². The van der Waals surface area contributed by atoms with E-state index in [1.807, 2.05) is 20.8 Å². The number of anilines is 1. The van der Waals surface area contributed by atoms with Gasteiger partial charge < -0.3 is 14.8 Å². The molecule has 1 aromatic carbocycles. The van der Waals surface area contributed by atoms with Gasteiger partial charge in [-0.25, -0.2) is 0 Å². The monoisotopic (exact) mass is 254 g/mol. The molecular weight excluding hydrogens is 236 g/mol. The van der Waals surface area contributed by atoms with Crippen LogP contribution in [0.4, 0.5) is 11.4 Å². The number of rotatable bonds is 6. The smallest absolute Gasteiger partial charge is 0.296 e. The van der Waals surface area contributed by atoms with Crippen LogP contribution in [0.5, 0.6) is 11.5 Å². The van der Waals surface area contributed by atoms with Crippen LogP contribution in [0, 0.1) is 10.1 Å². The standard InChI is InChI=1S/C12H18N2O4/c1-5-18-12-6-9(13-8(2)3)10(14(15)16)7-11(12)17-4/h6-8,13H,5H2,1-4H3. The molecule has 6 heteroatoms. The number of nitrogens with zero attached hydrogens (tertiary/aromatic N) is 1. The Labute approximate surface area is 106 Å². The minimum absolute atomic E-state index is 0.0241. The summed E-state index contributed by atoms with van der Waals surface area (Å²) in [4.78, 5) is 10.6. The van der Waals surface area contributed by atoms with Crippen molar-refractivity contribution in [1.82, 2.24) is 0 Å². The van der Waals surface area contributed by atoms with Crippen molar-refractivity contribution in [3.8, 4) is 11.5 Å². The summed E-state index contributed by atoms with van der Waals surface area (Å²) in [6, 6.07) is 3.06. The summed E-state index contributed by atoms with van der Waals surface area (Å²) < 4.78 is 10.5. The van der Waals surface area contributed by atoms with E-state index < -0.39 is 4.92 Å². The molecule has 6 nitrogen and oxygen atoms in total. The molecule has 1 aromatic rings. The van der Waals surface area contributed by atoms with Crippen molar-refractivity contribution in [1.29, 1.82) is 0 Å². The van der Waals surface area contributed by atoms with Gasteiger partial charge in [-0.05, 0) is 20.8 Å². The van der Waals surface area contributed by atoms with Crippen LogP contribution in [-0.4, -0.2) is 24.7 Å². The Hall–Kier alpha value is -1.98. The van der Waals surface area contributed by atoms with Crippen LogP contribution in [0.2, 0.25) is 0 Å². The lowest BCUT2D eigenvalue weighted by Crippen LogP contribution is -2.11. The summed E-state index contributed by atoms with van der Waals surface area (Å²) in [6.45, 7) is 6.13. The van der Waals surface area contributed by atoms with Gasteiger partial charge in [0.05, 0.1) is 24.7 Å². The van der Waals surface area contributed by atoms with Gasteiger partial charge in [0.15, 0.2) is 11.5 Å². The SMILES string of the molecule is CCOc1cc(NC(C)C)c([N+](=O)[O-])cc1OC. The first-order chi connectivity index (χ1) is 8.49. The summed E-state index contributed by atoms with van der Waals surface area (Å²) in [7, 11) is 1.46. The second-order valence-electron chi connectivity index (χ2n) is 4.01. The lowest BCUT2D eigenvalue weighted by molar-refractivity contribution is -0.384. The van der Waals surface area contributed by atoms with E-state index in [4.69, 9.17) is 9.47 Å². The van der Waals surface area contributed by atoms with Gasteiger partial charge in [0.25, 0.3) is 5.69 Å². The summed E-state index contributed by atoms with van der Waals surface area (Å²) >= 11 is 0. The van der Waals surface area contributed by atoms with Gasteiger partial charge in [-0.1, -0.05) is 0 Å². The number of nitro benzene ring substituents is 1. The molecule has 0 atom stereocenters. The lowest BCUT2D eigenvalue weighted by atomic mass is 10.2. The lowest BCUT2D eigenvalue weighted by Gasteiger charge is -2.14. The van der Waals surface area contributed by atoms with Crippen molar-refractivity contribution in [2.75, 3.05) is 19.0 Å².